The van der Waals surface area contributed by atoms with E-state index in [-0.39, 0.29) is 16.7 Å². The molecule has 0 spiro atoms. The molecule has 0 unspecified atom stereocenters. The number of aromatic nitrogens is 1. The number of alkyl halides is 1. The summed E-state index contributed by atoms with van der Waals surface area (Å²) in [5.41, 5.74) is 0. The molecule has 0 aliphatic carbocycles. The van der Waals surface area contributed by atoms with Crippen molar-refractivity contribution in [3.63, 3.8) is 0 Å². The van der Waals surface area contributed by atoms with Gasteiger partial charge in [-0.05, 0) is 6.07 Å². The Bertz CT molecular complexity index is 652. The number of ether oxygens (including phenoxy) is 1. The molecule has 0 saturated heterocycles. The molecule has 0 aliphatic rings. The summed E-state index contributed by atoms with van der Waals surface area (Å²) in [5, 5.41) is 1.01. The Morgan fingerprint density at radius 3 is 2.71 bits per heavy atom. The first-order valence-corrected chi connectivity index (χ1v) is 7.38. The number of benzene rings is 1. The number of halogens is 2. The van der Waals surface area contributed by atoms with Crippen LogP contribution in [-0.4, -0.2) is 19.5 Å². The van der Waals surface area contributed by atoms with Gasteiger partial charge in [0.2, 0.25) is 0 Å². The number of rotatable bonds is 3. The molecular weight excluding hydrogens is 285 g/mol. The molecule has 0 fully saturated rings. The molecule has 0 aliphatic heterocycles. The molecular formula is C10H7Cl2NO3S. The lowest BCUT2D eigenvalue weighted by Gasteiger charge is -2.08. The maximum absolute atomic E-state index is 11.5. The zero-order chi connectivity index (χ0) is 12.5. The monoisotopic (exact) mass is 291 g/mol. The summed E-state index contributed by atoms with van der Waals surface area (Å²) in [7, 11) is 1.52. The van der Waals surface area contributed by atoms with Crippen LogP contribution in [0.15, 0.2) is 35.5 Å². The Morgan fingerprint density at radius 1 is 1.29 bits per heavy atom. The lowest BCUT2D eigenvalue weighted by Crippen LogP contribution is -1.97. The SMILES string of the molecule is O=S(=O)(Cl)c1cccc2cncc(OCCl)c12. The van der Waals surface area contributed by atoms with Gasteiger partial charge in [0.1, 0.15) is 5.75 Å². The van der Waals surface area contributed by atoms with Gasteiger partial charge in [-0.25, -0.2) is 8.42 Å². The van der Waals surface area contributed by atoms with E-state index >= 15 is 0 Å². The van der Waals surface area contributed by atoms with E-state index in [0.717, 1.165) is 0 Å². The van der Waals surface area contributed by atoms with Crippen LogP contribution in [0, 0.1) is 0 Å². The lowest BCUT2D eigenvalue weighted by molar-refractivity contribution is 0.390. The average Bonchev–Trinajstić information content (AvgIpc) is 2.28. The van der Waals surface area contributed by atoms with E-state index < -0.39 is 9.05 Å². The van der Waals surface area contributed by atoms with Gasteiger partial charge in [0, 0.05) is 27.7 Å². The van der Waals surface area contributed by atoms with E-state index in [0.29, 0.717) is 10.8 Å². The van der Waals surface area contributed by atoms with Gasteiger partial charge in [-0.15, -0.1) is 0 Å². The quantitative estimate of drug-likeness (QED) is 0.644. The van der Waals surface area contributed by atoms with Crippen LogP contribution in [0.2, 0.25) is 0 Å². The highest BCUT2D eigenvalue weighted by Crippen LogP contribution is 2.32. The van der Waals surface area contributed by atoms with Crippen molar-refractivity contribution in [2.45, 2.75) is 4.90 Å². The van der Waals surface area contributed by atoms with E-state index in [2.05, 4.69) is 4.98 Å². The molecule has 2 rings (SSSR count). The normalized spacial score (nSPS) is 11.6. The maximum atomic E-state index is 11.5. The van der Waals surface area contributed by atoms with Gasteiger partial charge in [0.05, 0.1) is 11.1 Å². The van der Waals surface area contributed by atoms with Crippen LogP contribution in [0.1, 0.15) is 0 Å². The minimum Gasteiger partial charge on any atom is -0.476 e. The number of hydrogen-bond donors (Lipinski definition) is 0. The van der Waals surface area contributed by atoms with Crippen molar-refractivity contribution in [3.05, 3.63) is 30.6 Å². The number of pyridine rings is 1. The number of hydrogen-bond acceptors (Lipinski definition) is 4. The van der Waals surface area contributed by atoms with E-state index in [1.54, 1.807) is 12.1 Å². The molecule has 1 heterocycles. The van der Waals surface area contributed by atoms with Crippen LogP contribution >= 0.6 is 22.3 Å². The molecule has 0 N–H and O–H groups in total. The lowest BCUT2D eigenvalue weighted by atomic mass is 10.2. The zero-order valence-corrected chi connectivity index (χ0v) is 10.8. The number of nitrogens with zero attached hydrogens (tertiary/aromatic N) is 1. The molecule has 17 heavy (non-hydrogen) atoms. The second-order valence-corrected chi connectivity index (χ2v) is 5.94. The predicted molar refractivity (Wildman–Crippen MR) is 66.1 cm³/mol. The zero-order valence-electron chi connectivity index (χ0n) is 8.43. The summed E-state index contributed by atoms with van der Waals surface area (Å²) in [4.78, 5) is 3.92. The summed E-state index contributed by atoms with van der Waals surface area (Å²) in [5.74, 6) is 0.289. The third-order valence-corrected chi connectivity index (χ3v) is 3.66. The van der Waals surface area contributed by atoms with Crippen LogP contribution in [0.3, 0.4) is 0 Å². The second kappa shape index (κ2) is 4.68. The predicted octanol–water partition coefficient (Wildman–Crippen LogP) is 2.74. The second-order valence-electron chi connectivity index (χ2n) is 3.18. The van der Waals surface area contributed by atoms with Crippen LogP contribution in [0.25, 0.3) is 10.8 Å². The first-order chi connectivity index (χ1) is 8.04. The summed E-state index contributed by atoms with van der Waals surface area (Å²) < 4.78 is 28.1. The van der Waals surface area contributed by atoms with Crippen molar-refractivity contribution < 1.29 is 13.2 Å². The van der Waals surface area contributed by atoms with Gasteiger partial charge in [0.15, 0.2) is 6.07 Å². The van der Waals surface area contributed by atoms with Crippen LogP contribution in [0.5, 0.6) is 5.75 Å². The van der Waals surface area contributed by atoms with Gasteiger partial charge < -0.3 is 4.74 Å². The third-order valence-electron chi connectivity index (χ3n) is 2.18. The van der Waals surface area contributed by atoms with Crippen molar-refractivity contribution in [1.82, 2.24) is 4.98 Å². The topological polar surface area (TPSA) is 56.3 Å². The van der Waals surface area contributed by atoms with Crippen molar-refractivity contribution in [1.29, 1.82) is 0 Å². The van der Waals surface area contributed by atoms with Gasteiger partial charge in [-0.2, -0.15) is 0 Å². The first kappa shape index (κ1) is 12.4. The number of fused-ring (bicyclic) bond motifs is 1. The summed E-state index contributed by atoms with van der Waals surface area (Å²) >= 11 is 5.47. The maximum Gasteiger partial charge on any atom is 0.262 e. The summed E-state index contributed by atoms with van der Waals surface area (Å²) in [6, 6.07) is 4.61. The molecule has 0 bridgehead atoms. The van der Waals surface area contributed by atoms with Crippen LogP contribution in [0.4, 0.5) is 0 Å². The Labute approximate surface area is 108 Å². The van der Waals surface area contributed by atoms with E-state index in [9.17, 15) is 8.42 Å². The van der Waals surface area contributed by atoms with Crippen molar-refractivity contribution in [2.24, 2.45) is 0 Å². The van der Waals surface area contributed by atoms with Gasteiger partial charge >= 0.3 is 0 Å². The molecule has 90 valence electrons. The molecule has 0 atom stereocenters. The van der Waals surface area contributed by atoms with Crippen molar-refractivity contribution in [2.75, 3.05) is 6.07 Å². The third kappa shape index (κ3) is 2.46. The molecule has 0 radical (unpaired) electrons. The highest BCUT2D eigenvalue weighted by atomic mass is 35.7. The smallest absolute Gasteiger partial charge is 0.262 e. The first-order valence-electron chi connectivity index (χ1n) is 4.54. The Hall–Kier alpha value is -1.04. The minimum atomic E-state index is -3.85. The highest BCUT2D eigenvalue weighted by Gasteiger charge is 2.17. The standard InChI is InChI=1S/C10H7Cl2NO3S/c11-6-16-8-5-13-4-7-2-1-3-9(10(7)8)17(12,14)15/h1-5H,6H2. The molecule has 1 aromatic carbocycles. The van der Waals surface area contributed by atoms with Gasteiger partial charge in [-0.1, -0.05) is 23.7 Å². The average molecular weight is 292 g/mol. The largest absolute Gasteiger partial charge is 0.476 e. The molecule has 2 aromatic rings. The van der Waals surface area contributed by atoms with Crippen molar-refractivity contribution in [3.8, 4) is 5.75 Å². The fraction of sp³-hybridized carbons (Fsp3) is 0.100. The van der Waals surface area contributed by atoms with Crippen molar-refractivity contribution >= 4 is 42.1 Å². The fourth-order valence-electron chi connectivity index (χ4n) is 1.54. The van der Waals surface area contributed by atoms with E-state index in [1.807, 2.05) is 0 Å². The molecule has 4 nitrogen and oxygen atoms in total. The fourth-order valence-corrected chi connectivity index (χ4v) is 2.75. The minimum absolute atomic E-state index is 0.0146. The molecule has 7 heteroatoms. The highest BCUT2D eigenvalue weighted by molar-refractivity contribution is 8.14. The Kier molecular flexibility index (Phi) is 3.42. The van der Waals surface area contributed by atoms with Crippen LogP contribution < -0.4 is 4.74 Å². The van der Waals surface area contributed by atoms with E-state index in [1.165, 1.54) is 18.5 Å². The molecule has 0 amide bonds. The molecule has 1 aromatic heterocycles. The summed E-state index contributed by atoms with van der Waals surface area (Å²) in [6.45, 7) is 0. The summed E-state index contributed by atoms with van der Waals surface area (Å²) in [6.07, 6.45) is 2.93. The molecule has 0 saturated carbocycles. The Balaban J connectivity index is 2.85. The van der Waals surface area contributed by atoms with E-state index in [4.69, 9.17) is 27.0 Å². The van der Waals surface area contributed by atoms with Crippen LogP contribution in [-0.2, 0) is 9.05 Å². The van der Waals surface area contributed by atoms with Gasteiger partial charge in [-0.3, -0.25) is 4.98 Å². The van der Waals surface area contributed by atoms with Gasteiger partial charge in [0.25, 0.3) is 9.05 Å². The Morgan fingerprint density at radius 2 is 2.06 bits per heavy atom.